The number of ether oxygens (including phenoxy) is 1. The number of sulfonamides is 1. The zero-order chi connectivity index (χ0) is 25.2. The fourth-order valence-electron chi connectivity index (χ4n) is 4.27. The molecule has 2 aliphatic heterocycles. The summed E-state index contributed by atoms with van der Waals surface area (Å²) >= 11 is 0. The Hall–Kier alpha value is -3.44. The Bertz CT molecular complexity index is 1220. The van der Waals surface area contributed by atoms with Crippen LogP contribution in [0.15, 0.2) is 53.4 Å². The van der Waals surface area contributed by atoms with E-state index in [9.17, 15) is 22.8 Å². The topological polar surface area (TPSA) is 125 Å². The summed E-state index contributed by atoms with van der Waals surface area (Å²) in [6.07, 6.45) is 2.70. The summed E-state index contributed by atoms with van der Waals surface area (Å²) in [6.45, 7) is 2.10. The Balaban J connectivity index is 1.41. The van der Waals surface area contributed by atoms with Gasteiger partial charge in [0, 0.05) is 18.8 Å². The molecule has 0 saturated carbocycles. The van der Waals surface area contributed by atoms with Gasteiger partial charge < -0.3 is 15.4 Å². The van der Waals surface area contributed by atoms with Crippen LogP contribution in [0.5, 0.6) is 5.75 Å². The van der Waals surface area contributed by atoms with Crippen molar-refractivity contribution in [2.24, 2.45) is 0 Å². The predicted octanol–water partition coefficient (Wildman–Crippen LogP) is 2.28. The molecule has 11 heteroatoms. The van der Waals surface area contributed by atoms with E-state index in [0.717, 1.165) is 24.2 Å². The molecule has 0 radical (unpaired) electrons. The summed E-state index contributed by atoms with van der Waals surface area (Å²) in [6, 6.07) is 11.9. The van der Waals surface area contributed by atoms with Gasteiger partial charge in [-0.15, -0.1) is 0 Å². The molecule has 2 N–H and O–H groups in total. The van der Waals surface area contributed by atoms with E-state index in [1.54, 1.807) is 31.2 Å². The molecule has 10 nitrogen and oxygen atoms in total. The van der Waals surface area contributed by atoms with Gasteiger partial charge in [0.05, 0.1) is 12.0 Å². The number of carbonyl (C=O) groups is 3. The number of piperidine rings is 1. The number of imide groups is 1. The third kappa shape index (κ3) is 4.87. The summed E-state index contributed by atoms with van der Waals surface area (Å²) in [5.74, 6) is -0.523. The van der Waals surface area contributed by atoms with Crippen LogP contribution in [0.3, 0.4) is 0 Å². The summed E-state index contributed by atoms with van der Waals surface area (Å²) in [7, 11) is -2.05. The first-order valence-corrected chi connectivity index (χ1v) is 12.8. The Labute approximate surface area is 204 Å². The fraction of sp³-hybridized carbons (Fsp3) is 0.375. The second-order valence-corrected chi connectivity index (χ2v) is 10.7. The molecule has 35 heavy (non-hydrogen) atoms. The van der Waals surface area contributed by atoms with Crippen molar-refractivity contribution < 1.29 is 27.5 Å². The number of hydrogen-bond acceptors (Lipinski definition) is 6. The SMILES string of the molecule is COc1ccc([C@]2(C)NC(=O)N(CC(=O)Nc3ccc(S(=O)(=O)N4CCCCC4)cc3)C2=O)cc1. The number of benzene rings is 2. The number of nitrogens with zero attached hydrogens (tertiary/aromatic N) is 2. The van der Waals surface area contributed by atoms with Gasteiger partial charge in [0.2, 0.25) is 15.9 Å². The van der Waals surface area contributed by atoms with Crippen molar-refractivity contribution >= 4 is 33.6 Å². The van der Waals surface area contributed by atoms with Crippen LogP contribution >= 0.6 is 0 Å². The zero-order valence-corrected chi connectivity index (χ0v) is 20.4. The number of carbonyl (C=O) groups excluding carboxylic acids is 3. The van der Waals surface area contributed by atoms with Crippen LogP contribution in [0, 0.1) is 0 Å². The molecule has 186 valence electrons. The molecule has 4 amide bonds. The number of rotatable bonds is 7. The van der Waals surface area contributed by atoms with Gasteiger partial charge in [-0.25, -0.2) is 13.2 Å². The maximum absolute atomic E-state index is 13.0. The van der Waals surface area contributed by atoms with E-state index < -0.39 is 40.0 Å². The first-order valence-electron chi connectivity index (χ1n) is 11.3. The average Bonchev–Trinajstić information content (AvgIpc) is 3.08. The second-order valence-electron chi connectivity index (χ2n) is 8.71. The number of hydrogen-bond donors (Lipinski definition) is 2. The van der Waals surface area contributed by atoms with E-state index in [-0.39, 0.29) is 4.90 Å². The average molecular weight is 501 g/mol. The Morgan fingerprint density at radius 1 is 1.03 bits per heavy atom. The minimum absolute atomic E-state index is 0.154. The quantitative estimate of drug-likeness (QED) is 0.562. The van der Waals surface area contributed by atoms with Gasteiger partial charge in [-0.1, -0.05) is 18.6 Å². The molecule has 0 spiro atoms. The lowest BCUT2D eigenvalue weighted by Gasteiger charge is -2.25. The normalized spacial score (nSPS) is 21.0. The number of methoxy groups -OCH3 is 1. The van der Waals surface area contributed by atoms with Crippen LogP contribution in [-0.4, -0.2) is 62.2 Å². The largest absolute Gasteiger partial charge is 0.497 e. The van der Waals surface area contributed by atoms with Crippen molar-refractivity contribution in [3.05, 3.63) is 54.1 Å². The molecule has 2 fully saturated rings. The monoisotopic (exact) mass is 500 g/mol. The molecule has 4 rings (SSSR count). The molecular formula is C24H28N4O6S. The lowest BCUT2D eigenvalue weighted by atomic mass is 9.92. The van der Waals surface area contributed by atoms with E-state index in [1.165, 1.54) is 35.7 Å². The third-order valence-corrected chi connectivity index (χ3v) is 8.25. The Morgan fingerprint density at radius 3 is 2.26 bits per heavy atom. The summed E-state index contributed by atoms with van der Waals surface area (Å²) in [4.78, 5) is 39.2. The maximum atomic E-state index is 13.0. The van der Waals surface area contributed by atoms with Crippen molar-refractivity contribution in [2.45, 2.75) is 36.6 Å². The Morgan fingerprint density at radius 2 is 1.66 bits per heavy atom. The number of nitrogens with one attached hydrogen (secondary N) is 2. The maximum Gasteiger partial charge on any atom is 0.325 e. The molecule has 0 bridgehead atoms. The van der Waals surface area contributed by atoms with Crippen LogP contribution in [0.1, 0.15) is 31.7 Å². The fourth-order valence-corrected chi connectivity index (χ4v) is 5.79. The number of amides is 4. The predicted molar refractivity (Wildman–Crippen MR) is 128 cm³/mol. The van der Waals surface area contributed by atoms with Crippen LogP contribution in [-0.2, 0) is 25.2 Å². The summed E-state index contributed by atoms with van der Waals surface area (Å²) < 4.78 is 32.2. The molecule has 1 atom stereocenters. The molecular weight excluding hydrogens is 472 g/mol. The molecule has 0 unspecified atom stereocenters. The van der Waals surface area contributed by atoms with E-state index in [0.29, 0.717) is 30.1 Å². The minimum Gasteiger partial charge on any atom is -0.497 e. The van der Waals surface area contributed by atoms with Gasteiger partial charge in [-0.05, 0) is 61.7 Å². The minimum atomic E-state index is -3.58. The van der Waals surface area contributed by atoms with Gasteiger partial charge in [0.1, 0.15) is 17.8 Å². The van der Waals surface area contributed by atoms with Gasteiger partial charge >= 0.3 is 6.03 Å². The van der Waals surface area contributed by atoms with Crippen molar-refractivity contribution in [3.63, 3.8) is 0 Å². The molecule has 2 aliphatic rings. The lowest BCUT2D eigenvalue weighted by Crippen LogP contribution is -2.42. The van der Waals surface area contributed by atoms with Crippen molar-refractivity contribution in [1.82, 2.24) is 14.5 Å². The van der Waals surface area contributed by atoms with Gasteiger partial charge in [0.25, 0.3) is 5.91 Å². The van der Waals surface area contributed by atoms with E-state index in [4.69, 9.17) is 4.74 Å². The first-order chi connectivity index (χ1) is 16.6. The molecule has 2 saturated heterocycles. The highest BCUT2D eigenvalue weighted by molar-refractivity contribution is 7.89. The van der Waals surface area contributed by atoms with Crippen molar-refractivity contribution in [2.75, 3.05) is 32.1 Å². The van der Waals surface area contributed by atoms with E-state index in [2.05, 4.69) is 10.6 Å². The van der Waals surface area contributed by atoms with E-state index >= 15 is 0 Å². The number of anilines is 1. The van der Waals surface area contributed by atoms with Crippen LogP contribution in [0.2, 0.25) is 0 Å². The lowest BCUT2D eigenvalue weighted by molar-refractivity contribution is -0.133. The van der Waals surface area contributed by atoms with Crippen molar-refractivity contribution in [3.8, 4) is 5.75 Å². The second kappa shape index (κ2) is 9.67. The third-order valence-electron chi connectivity index (χ3n) is 6.33. The van der Waals surface area contributed by atoms with E-state index in [1.807, 2.05) is 0 Å². The number of urea groups is 1. The molecule has 0 aromatic heterocycles. The molecule has 0 aliphatic carbocycles. The van der Waals surface area contributed by atoms with Crippen LogP contribution < -0.4 is 15.4 Å². The zero-order valence-electron chi connectivity index (χ0n) is 19.6. The van der Waals surface area contributed by atoms with Crippen LogP contribution in [0.4, 0.5) is 10.5 Å². The van der Waals surface area contributed by atoms with Gasteiger partial charge in [-0.3, -0.25) is 14.5 Å². The standard InChI is InChI=1S/C24H28N4O6S/c1-24(17-6-10-19(34-2)11-7-17)22(30)28(23(31)26-24)16-21(29)25-18-8-12-20(13-9-18)35(32,33)27-14-4-3-5-15-27/h6-13H,3-5,14-16H2,1-2H3,(H,25,29)(H,26,31)/t24-/m0/s1. The van der Waals surface area contributed by atoms with Crippen molar-refractivity contribution in [1.29, 1.82) is 0 Å². The Kier molecular flexibility index (Phi) is 6.82. The smallest absolute Gasteiger partial charge is 0.325 e. The molecule has 2 aromatic carbocycles. The van der Waals surface area contributed by atoms with Gasteiger partial charge in [-0.2, -0.15) is 4.31 Å². The molecule has 2 aromatic rings. The highest BCUT2D eigenvalue weighted by atomic mass is 32.2. The summed E-state index contributed by atoms with van der Waals surface area (Å²) in [5, 5.41) is 5.27. The summed E-state index contributed by atoms with van der Waals surface area (Å²) in [5.41, 5.74) is -0.392. The van der Waals surface area contributed by atoms with Gasteiger partial charge in [0.15, 0.2) is 0 Å². The first kappa shape index (κ1) is 24.7. The van der Waals surface area contributed by atoms with Crippen LogP contribution in [0.25, 0.3) is 0 Å². The molecule has 2 heterocycles. The highest BCUT2D eigenvalue weighted by Crippen LogP contribution is 2.30. The highest BCUT2D eigenvalue weighted by Gasteiger charge is 2.49.